The summed E-state index contributed by atoms with van der Waals surface area (Å²) < 4.78 is 29.1. The molecule has 0 aromatic rings. The molecule has 5 nitrogen and oxygen atoms in total. The lowest BCUT2D eigenvalue weighted by molar-refractivity contribution is 0.472. The first-order chi connectivity index (χ1) is 5.95. The van der Waals surface area contributed by atoms with Crippen molar-refractivity contribution in [2.75, 3.05) is 12.3 Å². The number of rotatable bonds is 7. The summed E-state index contributed by atoms with van der Waals surface area (Å²) in [5.41, 5.74) is 10.9. The van der Waals surface area contributed by atoms with Crippen LogP contribution in [-0.2, 0) is 10.1 Å². The van der Waals surface area contributed by atoms with Crippen molar-refractivity contribution < 1.29 is 13.0 Å². The van der Waals surface area contributed by atoms with Crippen LogP contribution in [0.1, 0.15) is 25.7 Å². The lowest BCUT2D eigenvalue weighted by Crippen LogP contribution is -2.23. The summed E-state index contributed by atoms with van der Waals surface area (Å²) in [6.45, 7) is 0.630. The first-order valence-corrected chi connectivity index (χ1v) is 5.97. The van der Waals surface area contributed by atoms with Crippen molar-refractivity contribution in [1.82, 2.24) is 0 Å². The molecule has 0 fully saturated rings. The Morgan fingerprint density at radius 1 is 1.23 bits per heavy atom. The first-order valence-electron chi connectivity index (χ1n) is 4.36. The van der Waals surface area contributed by atoms with Crippen molar-refractivity contribution in [3.63, 3.8) is 0 Å². The van der Waals surface area contributed by atoms with Crippen LogP contribution in [0.3, 0.4) is 0 Å². The van der Waals surface area contributed by atoms with Crippen LogP contribution in [-0.4, -0.2) is 31.3 Å². The number of hydrogen-bond acceptors (Lipinski definition) is 4. The fraction of sp³-hybridized carbons (Fsp3) is 1.00. The fourth-order valence-corrected chi connectivity index (χ4v) is 1.60. The molecule has 0 amide bonds. The first kappa shape index (κ1) is 12.8. The van der Waals surface area contributed by atoms with E-state index in [1.807, 2.05) is 0 Å². The molecule has 0 aromatic carbocycles. The summed E-state index contributed by atoms with van der Waals surface area (Å²) in [6.07, 6.45) is 2.87. The van der Waals surface area contributed by atoms with E-state index in [1.54, 1.807) is 0 Å². The normalized spacial score (nSPS) is 14.4. The van der Waals surface area contributed by atoms with Crippen LogP contribution in [0.5, 0.6) is 0 Å². The molecule has 13 heavy (non-hydrogen) atoms. The molecule has 0 saturated carbocycles. The van der Waals surface area contributed by atoms with Gasteiger partial charge in [0.15, 0.2) is 0 Å². The molecule has 1 unspecified atom stereocenters. The van der Waals surface area contributed by atoms with Gasteiger partial charge in [-0.3, -0.25) is 4.55 Å². The maximum Gasteiger partial charge on any atom is 0.264 e. The summed E-state index contributed by atoms with van der Waals surface area (Å²) in [5, 5.41) is 0. The number of unbranched alkanes of at least 4 members (excludes halogenated alkanes) is 1. The third-order valence-corrected chi connectivity index (χ3v) is 2.53. The second-order valence-corrected chi connectivity index (χ2v) is 4.69. The van der Waals surface area contributed by atoms with E-state index in [9.17, 15) is 8.42 Å². The molecule has 0 radical (unpaired) electrons. The molecule has 5 N–H and O–H groups in total. The van der Waals surface area contributed by atoms with E-state index in [2.05, 4.69) is 0 Å². The van der Waals surface area contributed by atoms with Crippen LogP contribution < -0.4 is 11.5 Å². The van der Waals surface area contributed by atoms with E-state index in [1.165, 1.54) is 0 Å². The lowest BCUT2D eigenvalue weighted by Gasteiger charge is -2.09. The van der Waals surface area contributed by atoms with E-state index < -0.39 is 10.1 Å². The van der Waals surface area contributed by atoms with Crippen LogP contribution in [0, 0.1) is 0 Å². The summed E-state index contributed by atoms with van der Waals surface area (Å²) >= 11 is 0. The van der Waals surface area contributed by atoms with Gasteiger partial charge in [0, 0.05) is 6.04 Å². The Balaban J connectivity index is 3.46. The van der Waals surface area contributed by atoms with Gasteiger partial charge < -0.3 is 11.5 Å². The van der Waals surface area contributed by atoms with Gasteiger partial charge in [0.25, 0.3) is 10.1 Å². The maximum atomic E-state index is 10.3. The zero-order chi connectivity index (χ0) is 10.3. The van der Waals surface area contributed by atoms with Crippen LogP contribution in [0.4, 0.5) is 0 Å². The van der Waals surface area contributed by atoms with Gasteiger partial charge in [0.2, 0.25) is 0 Å². The summed E-state index contributed by atoms with van der Waals surface area (Å²) in [5.74, 6) is -0.253. The minimum absolute atomic E-state index is 0.159. The van der Waals surface area contributed by atoms with Gasteiger partial charge in [-0.15, -0.1) is 0 Å². The molecule has 0 spiro atoms. The molecular formula is C7H18N2O3S. The molecule has 80 valence electrons. The van der Waals surface area contributed by atoms with Crippen LogP contribution >= 0.6 is 0 Å². The van der Waals surface area contributed by atoms with Crippen molar-refractivity contribution in [3.8, 4) is 0 Å². The molecule has 0 aliphatic heterocycles. The van der Waals surface area contributed by atoms with Crippen molar-refractivity contribution in [1.29, 1.82) is 0 Å². The molecule has 0 aliphatic rings. The molecular weight excluding hydrogens is 192 g/mol. The minimum Gasteiger partial charge on any atom is -0.330 e. The quantitative estimate of drug-likeness (QED) is 0.396. The van der Waals surface area contributed by atoms with E-state index in [4.69, 9.17) is 16.0 Å². The van der Waals surface area contributed by atoms with E-state index in [-0.39, 0.29) is 11.8 Å². The predicted molar refractivity (Wildman–Crippen MR) is 51.9 cm³/mol. The van der Waals surface area contributed by atoms with E-state index in [0.717, 1.165) is 19.3 Å². The Labute approximate surface area is 79.2 Å². The van der Waals surface area contributed by atoms with Crippen molar-refractivity contribution in [2.24, 2.45) is 11.5 Å². The second-order valence-electron chi connectivity index (χ2n) is 3.12. The molecule has 0 saturated heterocycles. The monoisotopic (exact) mass is 210 g/mol. The highest BCUT2D eigenvalue weighted by molar-refractivity contribution is 7.85. The second kappa shape index (κ2) is 6.31. The molecule has 0 bridgehead atoms. The molecule has 0 heterocycles. The van der Waals surface area contributed by atoms with Gasteiger partial charge in [-0.05, 0) is 25.8 Å². The highest BCUT2D eigenvalue weighted by atomic mass is 32.2. The van der Waals surface area contributed by atoms with Crippen molar-refractivity contribution >= 4 is 10.1 Å². The fourth-order valence-electron chi connectivity index (χ4n) is 0.996. The number of hydrogen-bond donors (Lipinski definition) is 3. The molecule has 0 rings (SSSR count). The molecule has 0 aromatic heterocycles. The van der Waals surface area contributed by atoms with E-state index in [0.29, 0.717) is 13.0 Å². The molecule has 0 aliphatic carbocycles. The predicted octanol–water partition coefficient (Wildman–Crippen LogP) is -0.279. The van der Waals surface area contributed by atoms with Crippen molar-refractivity contribution in [2.45, 2.75) is 31.7 Å². The minimum atomic E-state index is -3.85. The van der Waals surface area contributed by atoms with Crippen LogP contribution in [0.2, 0.25) is 0 Å². The Morgan fingerprint density at radius 3 is 2.31 bits per heavy atom. The topological polar surface area (TPSA) is 106 Å². The summed E-state index contributed by atoms with van der Waals surface area (Å²) in [6, 6.07) is -0.159. The largest absolute Gasteiger partial charge is 0.330 e. The Bertz CT molecular complexity index is 216. The van der Waals surface area contributed by atoms with Crippen LogP contribution in [0.25, 0.3) is 0 Å². The Morgan fingerprint density at radius 2 is 1.85 bits per heavy atom. The highest BCUT2D eigenvalue weighted by Gasteiger charge is 2.08. The highest BCUT2D eigenvalue weighted by Crippen LogP contribution is 2.02. The smallest absolute Gasteiger partial charge is 0.264 e. The SMILES string of the molecule is NCCCCC(N)CCS(=O)(=O)O. The zero-order valence-corrected chi connectivity index (χ0v) is 8.46. The lowest BCUT2D eigenvalue weighted by atomic mass is 10.1. The maximum absolute atomic E-state index is 10.3. The van der Waals surface area contributed by atoms with Crippen LogP contribution in [0.15, 0.2) is 0 Å². The average Bonchev–Trinajstić information content (AvgIpc) is 2.00. The molecule has 1 atom stereocenters. The third-order valence-electron chi connectivity index (χ3n) is 1.78. The Kier molecular flexibility index (Phi) is 6.23. The van der Waals surface area contributed by atoms with Gasteiger partial charge in [0.1, 0.15) is 0 Å². The number of nitrogens with two attached hydrogens (primary N) is 2. The zero-order valence-electron chi connectivity index (χ0n) is 7.65. The Hall–Kier alpha value is -0.170. The van der Waals surface area contributed by atoms with E-state index >= 15 is 0 Å². The van der Waals surface area contributed by atoms with Gasteiger partial charge in [0.05, 0.1) is 5.75 Å². The van der Waals surface area contributed by atoms with Crippen molar-refractivity contribution in [3.05, 3.63) is 0 Å². The summed E-state index contributed by atoms with van der Waals surface area (Å²) in [7, 11) is -3.85. The van der Waals surface area contributed by atoms with Gasteiger partial charge in [-0.1, -0.05) is 6.42 Å². The van der Waals surface area contributed by atoms with Gasteiger partial charge >= 0.3 is 0 Å². The summed E-state index contributed by atoms with van der Waals surface area (Å²) in [4.78, 5) is 0. The molecule has 6 heteroatoms. The average molecular weight is 210 g/mol. The standard InChI is InChI=1S/C7H18N2O3S/c8-5-2-1-3-7(9)4-6-13(10,11)12/h7H,1-6,8-9H2,(H,10,11,12). The third kappa shape index (κ3) is 9.75. The van der Waals surface area contributed by atoms with Gasteiger partial charge in [-0.2, -0.15) is 8.42 Å². The van der Waals surface area contributed by atoms with Gasteiger partial charge in [-0.25, -0.2) is 0 Å².